The number of ether oxygens (including phenoxy) is 1. The normalized spacial score (nSPS) is 11.9. The van der Waals surface area contributed by atoms with Crippen LogP contribution >= 0.6 is 0 Å². The first-order valence-electron chi connectivity index (χ1n) is 7.39. The number of amides is 1. The molecule has 1 amide bonds. The summed E-state index contributed by atoms with van der Waals surface area (Å²) in [6, 6.07) is 10.8. The van der Waals surface area contributed by atoms with Crippen LogP contribution in [0.4, 0.5) is 10.2 Å². The molecule has 0 fully saturated rings. The van der Waals surface area contributed by atoms with E-state index in [1.807, 2.05) is 6.07 Å². The number of rotatable bonds is 6. The maximum absolute atomic E-state index is 12.9. The highest BCUT2D eigenvalue weighted by Crippen LogP contribution is 2.15. The zero-order valence-electron chi connectivity index (χ0n) is 13.0. The van der Waals surface area contributed by atoms with Gasteiger partial charge in [0.1, 0.15) is 29.7 Å². The summed E-state index contributed by atoms with van der Waals surface area (Å²) in [5.74, 6) is 0.987. The summed E-state index contributed by atoms with van der Waals surface area (Å²) in [5.41, 5.74) is 0. The van der Waals surface area contributed by atoms with Crippen molar-refractivity contribution in [3.05, 3.63) is 66.5 Å². The molecule has 2 heterocycles. The molecule has 7 heteroatoms. The number of nitrogens with zero attached hydrogens (tertiary/aromatic N) is 2. The standard InChI is InChI=1S/C17H16FN3O3/c1-12(24-14-6-4-13(18)5-7-14)17(22)20-16-8-9-19-21(16)11-15-3-2-10-23-15/h2-10,12H,11H2,1H3,(H,20,22). The molecule has 124 valence electrons. The lowest BCUT2D eigenvalue weighted by molar-refractivity contribution is -0.122. The van der Waals surface area contributed by atoms with E-state index in [0.29, 0.717) is 18.1 Å². The Morgan fingerprint density at radius 2 is 2.12 bits per heavy atom. The van der Waals surface area contributed by atoms with Crippen LogP contribution < -0.4 is 10.1 Å². The van der Waals surface area contributed by atoms with Gasteiger partial charge in [-0.15, -0.1) is 0 Å². The van der Waals surface area contributed by atoms with Crippen molar-refractivity contribution >= 4 is 11.7 Å². The molecule has 0 aliphatic carbocycles. The molecule has 0 bridgehead atoms. The van der Waals surface area contributed by atoms with E-state index < -0.39 is 6.10 Å². The summed E-state index contributed by atoms with van der Waals surface area (Å²) < 4.78 is 25.3. The summed E-state index contributed by atoms with van der Waals surface area (Å²) in [4.78, 5) is 12.3. The SMILES string of the molecule is CC(Oc1ccc(F)cc1)C(=O)Nc1ccnn1Cc1ccco1. The predicted octanol–water partition coefficient (Wildman–Crippen LogP) is 3.07. The van der Waals surface area contributed by atoms with Crippen molar-refractivity contribution in [2.45, 2.75) is 19.6 Å². The average Bonchev–Trinajstić information content (AvgIpc) is 3.22. The second-order valence-electron chi connectivity index (χ2n) is 5.16. The van der Waals surface area contributed by atoms with Crippen molar-refractivity contribution in [3.63, 3.8) is 0 Å². The Balaban J connectivity index is 1.62. The Labute approximate surface area is 137 Å². The van der Waals surface area contributed by atoms with Crippen molar-refractivity contribution < 1.29 is 18.3 Å². The van der Waals surface area contributed by atoms with E-state index in [1.165, 1.54) is 24.3 Å². The van der Waals surface area contributed by atoms with Crippen LogP contribution in [0.2, 0.25) is 0 Å². The minimum Gasteiger partial charge on any atom is -0.481 e. The summed E-state index contributed by atoms with van der Waals surface area (Å²) in [6.45, 7) is 2.02. The van der Waals surface area contributed by atoms with Crippen molar-refractivity contribution in [2.75, 3.05) is 5.32 Å². The smallest absolute Gasteiger partial charge is 0.266 e. The lowest BCUT2D eigenvalue weighted by Crippen LogP contribution is -2.31. The van der Waals surface area contributed by atoms with Crippen LogP contribution in [0.5, 0.6) is 5.75 Å². The minimum absolute atomic E-state index is 0.333. The first kappa shape index (κ1) is 15.8. The molecule has 1 N–H and O–H groups in total. The van der Waals surface area contributed by atoms with Gasteiger partial charge in [-0.3, -0.25) is 4.79 Å². The fourth-order valence-electron chi connectivity index (χ4n) is 2.11. The molecule has 0 aliphatic rings. The number of anilines is 1. The molecule has 2 aromatic heterocycles. The molecule has 1 aromatic carbocycles. The van der Waals surface area contributed by atoms with Crippen LogP contribution in [0.25, 0.3) is 0 Å². The zero-order valence-corrected chi connectivity index (χ0v) is 13.0. The number of hydrogen-bond donors (Lipinski definition) is 1. The Bertz CT molecular complexity index is 797. The van der Waals surface area contributed by atoms with Gasteiger partial charge in [0.15, 0.2) is 6.10 Å². The zero-order chi connectivity index (χ0) is 16.9. The Kier molecular flexibility index (Phi) is 4.60. The number of benzene rings is 1. The highest BCUT2D eigenvalue weighted by atomic mass is 19.1. The molecule has 3 rings (SSSR count). The minimum atomic E-state index is -0.748. The molecule has 3 aromatic rings. The highest BCUT2D eigenvalue weighted by Gasteiger charge is 2.17. The molecule has 0 saturated carbocycles. The number of carbonyl (C=O) groups excluding carboxylic acids is 1. The van der Waals surface area contributed by atoms with E-state index in [2.05, 4.69) is 10.4 Å². The summed E-state index contributed by atoms with van der Waals surface area (Å²) >= 11 is 0. The second-order valence-corrected chi connectivity index (χ2v) is 5.16. The highest BCUT2D eigenvalue weighted by molar-refractivity contribution is 5.93. The van der Waals surface area contributed by atoms with Crippen LogP contribution in [0.1, 0.15) is 12.7 Å². The second kappa shape index (κ2) is 6.99. The number of furan rings is 1. The Morgan fingerprint density at radius 3 is 2.83 bits per heavy atom. The van der Waals surface area contributed by atoms with Crippen molar-refractivity contribution in [2.24, 2.45) is 0 Å². The van der Waals surface area contributed by atoms with Gasteiger partial charge < -0.3 is 14.5 Å². The maximum atomic E-state index is 12.9. The van der Waals surface area contributed by atoms with E-state index in [9.17, 15) is 9.18 Å². The summed E-state index contributed by atoms with van der Waals surface area (Å²) in [6.07, 6.45) is 2.42. The first-order valence-corrected chi connectivity index (χ1v) is 7.39. The number of nitrogens with one attached hydrogen (secondary N) is 1. The van der Waals surface area contributed by atoms with E-state index in [1.54, 1.807) is 36.2 Å². The van der Waals surface area contributed by atoms with Crippen molar-refractivity contribution in [1.29, 1.82) is 0 Å². The third-order valence-electron chi connectivity index (χ3n) is 3.35. The van der Waals surface area contributed by atoms with Gasteiger partial charge in [-0.2, -0.15) is 5.10 Å². The molecule has 0 saturated heterocycles. The third kappa shape index (κ3) is 3.81. The Hall–Kier alpha value is -3.09. The molecule has 0 spiro atoms. The van der Waals surface area contributed by atoms with Crippen LogP contribution in [0, 0.1) is 5.82 Å². The topological polar surface area (TPSA) is 69.3 Å². The van der Waals surface area contributed by atoms with Gasteiger partial charge >= 0.3 is 0 Å². The molecule has 0 radical (unpaired) electrons. The summed E-state index contributed by atoms with van der Waals surface area (Å²) in [7, 11) is 0. The quantitative estimate of drug-likeness (QED) is 0.754. The largest absolute Gasteiger partial charge is 0.481 e. The van der Waals surface area contributed by atoms with Gasteiger partial charge in [-0.25, -0.2) is 9.07 Å². The fraction of sp³-hybridized carbons (Fsp3) is 0.176. The Morgan fingerprint density at radius 1 is 1.33 bits per heavy atom. The van der Waals surface area contributed by atoms with Gasteiger partial charge in [-0.05, 0) is 43.3 Å². The number of carbonyl (C=O) groups is 1. The van der Waals surface area contributed by atoms with E-state index in [-0.39, 0.29) is 11.7 Å². The predicted molar refractivity (Wildman–Crippen MR) is 85.2 cm³/mol. The van der Waals surface area contributed by atoms with Crippen LogP contribution in [0.15, 0.2) is 59.3 Å². The van der Waals surface area contributed by atoms with Crippen LogP contribution in [-0.2, 0) is 11.3 Å². The lowest BCUT2D eigenvalue weighted by Gasteiger charge is -2.15. The van der Waals surface area contributed by atoms with Crippen LogP contribution in [-0.4, -0.2) is 21.8 Å². The van der Waals surface area contributed by atoms with Gasteiger partial charge in [0.25, 0.3) is 5.91 Å². The number of hydrogen-bond acceptors (Lipinski definition) is 4. The van der Waals surface area contributed by atoms with E-state index in [4.69, 9.17) is 9.15 Å². The molecule has 0 aliphatic heterocycles. The van der Waals surface area contributed by atoms with Crippen LogP contribution in [0.3, 0.4) is 0 Å². The average molecular weight is 329 g/mol. The molecule has 1 atom stereocenters. The molecule has 24 heavy (non-hydrogen) atoms. The van der Waals surface area contributed by atoms with Gasteiger partial charge in [0.05, 0.1) is 12.5 Å². The number of aromatic nitrogens is 2. The van der Waals surface area contributed by atoms with Gasteiger partial charge in [0, 0.05) is 6.07 Å². The summed E-state index contributed by atoms with van der Waals surface area (Å²) in [5, 5.41) is 6.91. The lowest BCUT2D eigenvalue weighted by atomic mass is 10.3. The van der Waals surface area contributed by atoms with E-state index in [0.717, 1.165) is 5.76 Å². The number of halogens is 1. The third-order valence-corrected chi connectivity index (χ3v) is 3.35. The monoisotopic (exact) mass is 329 g/mol. The van der Waals surface area contributed by atoms with Crippen molar-refractivity contribution in [1.82, 2.24) is 9.78 Å². The van der Waals surface area contributed by atoms with E-state index >= 15 is 0 Å². The molecule has 1 unspecified atom stereocenters. The van der Waals surface area contributed by atoms with Gasteiger partial charge in [0.2, 0.25) is 0 Å². The molecular weight excluding hydrogens is 313 g/mol. The maximum Gasteiger partial charge on any atom is 0.266 e. The van der Waals surface area contributed by atoms with Gasteiger partial charge in [-0.1, -0.05) is 0 Å². The fourth-order valence-corrected chi connectivity index (χ4v) is 2.11. The first-order chi connectivity index (χ1) is 11.6. The molecular formula is C17H16FN3O3. The molecule has 6 nitrogen and oxygen atoms in total. The van der Waals surface area contributed by atoms with Crippen molar-refractivity contribution in [3.8, 4) is 5.75 Å².